The van der Waals surface area contributed by atoms with Crippen LogP contribution in [0.5, 0.6) is 17.2 Å². The lowest BCUT2D eigenvalue weighted by atomic mass is 9.80. The van der Waals surface area contributed by atoms with Crippen molar-refractivity contribution >= 4 is 28.8 Å². The molecule has 210 valence electrons. The van der Waals surface area contributed by atoms with Gasteiger partial charge in [-0.05, 0) is 37.3 Å². The molecule has 0 aliphatic carbocycles. The minimum Gasteiger partial charge on any atom is -0.497 e. The Balaban J connectivity index is 1.90. The number of rotatable bonds is 8. The average Bonchev–Trinajstić information content (AvgIpc) is 3.03. The molecule has 4 aromatic carbocycles. The summed E-state index contributed by atoms with van der Waals surface area (Å²) in [5.41, 5.74) is 0.716. The van der Waals surface area contributed by atoms with E-state index in [1.54, 1.807) is 39.4 Å². The van der Waals surface area contributed by atoms with Crippen LogP contribution in [0.1, 0.15) is 44.3 Å². The van der Waals surface area contributed by atoms with Crippen LogP contribution in [-0.2, 0) is 19.8 Å². The summed E-state index contributed by atoms with van der Waals surface area (Å²) in [6.07, 6.45) is 1.73. The van der Waals surface area contributed by atoms with E-state index in [4.69, 9.17) is 28.4 Å². The molecule has 4 aromatic rings. The van der Waals surface area contributed by atoms with Crippen molar-refractivity contribution in [1.82, 2.24) is 0 Å². The van der Waals surface area contributed by atoms with Gasteiger partial charge in [0.05, 0.1) is 46.2 Å². The zero-order chi connectivity index (χ0) is 29.1. The Hall–Kier alpha value is -4.98. The molecule has 0 bridgehead atoms. The minimum atomic E-state index is -1.28. The molecule has 0 saturated heterocycles. The number of ether oxygens (including phenoxy) is 6. The second-order valence-corrected chi connectivity index (χ2v) is 9.20. The van der Waals surface area contributed by atoms with Crippen molar-refractivity contribution in [2.24, 2.45) is 0 Å². The van der Waals surface area contributed by atoms with Gasteiger partial charge in [0.25, 0.3) is 0 Å². The molecule has 0 unspecified atom stereocenters. The molecule has 0 atom stereocenters. The quantitative estimate of drug-likeness (QED) is 0.240. The predicted molar refractivity (Wildman–Crippen MR) is 154 cm³/mol. The molecule has 0 spiro atoms. The van der Waals surface area contributed by atoms with Crippen molar-refractivity contribution in [1.29, 1.82) is 0 Å². The summed E-state index contributed by atoms with van der Waals surface area (Å²) < 4.78 is 34.4. The van der Waals surface area contributed by atoms with Crippen molar-refractivity contribution in [2.75, 3.05) is 35.0 Å². The van der Waals surface area contributed by atoms with Gasteiger partial charge in [0.2, 0.25) is 5.60 Å². The summed E-state index contributed by atoms with van der Waals surface area (Å²) in [7, 11) is 6.00. The molecule has 0 amide bonds. The first-order valence-corrected chi connectivity index (χ1v) is 13.0. The number of fused-ring (bicyclic) bond motifs is 3. The van der Waals surface area contributed by atoms with Crippen molar-refractivity contribution < 1.29 is 38.0 Å². The van der Waals surface area contributed by atoms with Gasteiger partial charge in [-0.3, -0.25) is 0 Å². The van der Waals surface area contributed by atoms with E-state index in [9.17, 15) is 9.59 Å². The highest BCUT2D eigenvalue weighted by Gasteiger charge is 2.47. The summed E-state index contributed by atoms with van der Waals surface area (Å²) in [5, 5.41) is 1.12. The Morgan fingerprint density at radius 2 is 1.27 bits per heavy atom. The molecule has 0 N–H and O–H groups in total. The third kappa shape index (κ3) is 4.51. The summed E-state index contributed by atoms with van der Waals surface area (Å²) in [6.45, 7) is 1.85. The number of carbonyl (C=O) groups is 2. The van der Waals surface area contributed by atoms with Crippen LogP contribution in [0, 0.1) is 0 Å². The van der Waals surface area contributed by atoms with Crippen molar-refractivity contribution in [2.45, 2.75) is 12.5 Å². The van der Waals surface area contributed by atoms with E-state index < -0.39 is 17.5 Å². The van der Waals surface area contributed by atoms with Gasteiger partial charge in [-0.15, -0.1) is 0 Å². The third-order valence-electron chi connectivity index (χ3n) is 7.16. The Morgan fingerprint density at radius 1 is 0.707 bits per heavy atom. The van der Waals surface area contributed by atoms with E-state index in [-0.39, 0.29) is 17.7 Å². The van der Waals surface area contributed by atoms with Gasteiger partial charge in [0, 0.05) is 27.5 Å². The van der Waals surface area contributed by atoms with Gasteiger partial charge >= 0.3 is 11.9 Å². The molecule has 1 heterocycles. The molecule has 0 fully saturated rings. The molecule has 41 heavy (non-hydrogen) atoms. The zero-order valence-electron chi connectivity index (χ0n) is 23.5. The minimum absolute atomic E-state index is 0.0345. The number of hydrogen-bond acceptors (Lipinski definition) is 8. The van der Waals surface area contributed by atoms with Gasteiger partial charge in [-0.2, -0.15) is 0 Å². The van der Waals surface area contributed by atoms with Gasteiger partial charge in [0.15, 0.2) is 0 Å². The lowest BCUT2D eigenvalue weighted by molar-refractivity contribution is 0.0503. The lowest BCUT2D eigenvalue weighted by Crippen LogP contribution is -2.40. The Kier molecular flexibility index (Phi) is 7.57. The van der Waals surface area contributed by atoms with Gasteiger partial charge < -0.3 is 28.4 Å². The number of esters is 2. The van der Waals surface area contributed by atoms with E-state index in [0.29, 0.717) is 39.3 Å². The third-order valence-corrected chi connectivity index (χ3v) is 7.16. The largest absolute Gasteiger partial charge is 0.497 e. The molecule has 8 heteroatoms. The van der Waals surface area contributed by atoms with Crippen LogP contribution < -0.4 is 14.2 Å². The summed E-state index contributed by atoms with van der Waals surface area (Å²) in [5.74, 6) is 0.788. The highest BCUT2D eigenvalue weighted by Crippen LogP contribution is 2.51. The lowest BCUT2D eigenvalue weighted by Gasteiger charge is -2.40. The van der Waals surface area contributed by atoms with Gasteiger partial charge in [0.1, 0.15) is 23.0 Å². The smallest absolute Gasteiger partial charge is 0.339 e. The SMILES string of the molecule is CCOC(=O)c1c(C(=O)OC)c2c(c3ccccc13)OC(c1ccc(OC)cc1)(c1ccc(OC)cc1)C(OC)=C2. The molecule has 1 aliphatic heterocycles. The first-order chi connectivity index (χ1) is 19.9. The van der Waals surface area contributed by atoms with Crippen LogP contribution in [0.15, 0.2) is 78.6 Å². The Morgan fingerprint density at radius 3 is 1.76 bits per heavy atom. The van der Waals surface area contributed by atoms with Crippen LogP contribution in [0.3, 0.4) is 0 Å². The summed E-state index contributed by atoms with van der Waals surface area (Å²) >= 11 is 0. The van der Waals surface area contributed by atoms with E-state index in [0.717, 1.165) is 11.1 Å². The highest BCUT2D eigenvalue weighted by molar-refractivity contribution is 6.17. The monoisotopic (exact) mass is 554 g/mol. The van der Waals surface area contributed by atoms with Crippen LogP contribution in [0.2, 0.25) is 0 Å². The standard InChI is InChI=1S/C33H30O8/c1-6-40-32(35)28-24-9-7-8-10-25(24)30-26(29(28)31(34)39-5)19-27(38-4)33(41-30,20-11-15-22(36-2)16-12-20)21-13-17-23(37-3)18-14-21/h7-19H,6H2,1-5H3. The molecule has 5 rings (SSSR count). The number of methoxy groups -OCH3 is 4. The van der Waals surface area contributed by atoms with Gasteiger partial charge in [-0.1, -0.05) is 48.5 Å². The van der Waals surface area contributed by atoms with E-state index in [1.165, 1.54) is 14.2 Å². The fourth-order valence-electron chi connectivity index (χ4n) is 5.26. The normalized spacial score (nSPS) is 13.3. The number of carbonyl (C=O) groups excluding carboxylic acids is 2. The topological polar surface area (TPSA) is 89.5 Å². The fourth-order valence-corrected chi connectivity index (χ4v) is 5.26. The maximum atomic E-state index is 13.3. The molecule has 0 radical (unpaired) electrons. The maximum absolute atomic E-state index is 13.3. The maximum Gasteiger partial charge on any atom is 0.339 e. The molecule has 1 aliphatic rings. The van der Waals surface area contributed by atoms with Crippen LogP contribution in [-0.4, -0.2) is 47.0 Å². The Labute approximate surface area is 238 Å². The summed E-state index contributed by atoms with van der Waals surface area (Å²) in [6, 6.07) is 22.2. The first-order valence-electron chi connectivity index (χ1n) is 13.0. The zero-order valence-corrected chi connectivity index (χ0v) is 23.5. The van der Waals surface area contributed by atoms with Crippen LogP contribution in [0.25, 0.3) is 16.8 Å². The average molecular weight is 555 g/mol. The van der Waals surface area contributed by atoms with E-state index in [2.05, 4.69) is 0 Å². The van der Waals surface area contributed by atoms with Crippen molar-refractivity contribution in [3.63, 3.8) is 0 Å². The van der Waals surface area contributed by atoms with Crippen molar-refractivity contribution in [3.05, 3.63) is 106 Å². The van der Waals surface area contributed by atoms with E-state index in [1.807, 2.05) is 60.7 Å². The molecule has 8 nitrogen and oxygen atoms in total. The molecule has 0 aromatic heterocycles. The van der Waals surface area contributed by atoms with Crippen LogP contribution >= 0.6 is 0 Å². The second-order valence-electron chi connectivity index (χ2n) is 9.20. The predicted octanol–water partition coefficient (Wildman–Crippen LogP) is 6.14. The first kappa shape index (κ1) is 27.6. The van der Waals surface area contributed by atoms with Crippen LogP contribution in [0.4, 0.5) is 0 Å². The van der Waals surface area contributed by atoms with Crippen molar-refractivity contribution in [3.8, 4) is 17.2 Å². The second kappa shape index (κ2) is 11.3. The van der Waals surface area contributed by atoms with E-state index >= 15 is 0 Å². The molecular weight excluding hydrogens is 524 g/mol. The molecular formula is C33H30O8. The van der Waals surface area contributed by atoms with Gasteiger partial charge in [-0.25, -0.2) is 9.59 Å². The summed E-state index contributed by atoms with van der Waals surface area (Å²) in [4.78, 5) is 26.6. The number of hydrogen-bond donors (Lipinski definition) is 0. The number of benzene rings is 4. The fraction of sp³-hybridized carbons (Fsp3) is 0.212. The molecule has 0 saturated carbocycles. The Bertz CT molecular complexity index is 1590. The highest BCUT2D eigenvalue weighted by atomic mass is 16.6.